The van der Waals surface area contributed by atoms with Gasteiger partial charge in [-0.2, -0.15) is 5.10 Å². The second kappa shape index (κ2) is 8.76. The van der Waals surface area contributed by atoms with E-state index < -0.39 is 5.54 Å². The molecule has 0 saturated heterocycles. The van der Waals surface area contributed by atoms with Crippen molar-refractivity contribution in [2.24, 2.45) is 0 Å². The molecule has 0 spiro atoms. The maximum absolute atomic E-state index is 13.1. The molecule has 3 amide bonds. The van der Waals surface area contributed by atoms with Crippen LogP contribution in [0.1, 0.15) is 64.7 Å². The third-order valence-electron chi connectivity index (χ3n) is 6.73. The second-order valence-electron chi connectivity index (χ2n) is 9.16. The van der Waals surface area contributed by atoms with Crippen LogP contribution in [0.2, 0.25) is 0 Å². The molecule has 2 aromatic rings. The highest BCUT2D eigenvalue weighted by molar-refractivity contribution is 6.01. The number of aromatic nitrogens is 2. The van der Waals surface area contributed by atoms with Crippen LogP contribution in [0.15, 0.2) is 30.3 Å². The van der Waals surface area contributed by atoms with Gasteiger partial charge in [0.2, 0.25) is 5.91 Å². The van der Waals surface area contributed by atoms with Crippen LogP contribution in [0.25, 0.3) is 0 Å². The fourth-order valence-electron chi connectivity index (χ4n) is 4.41. The number of aryl methyl sites for hydroxylation is 1. The zero-order valence-electron chi connectivity index (χ0n) is 19.0. The molecule has 1 atom stereocenters. The molecule has 4 rings (SSSR count). The van der Waals surface area contributed by atoms with Crippen LogP contribution in [-0.4, -0.2) is 57.6 Å². The van der Waals surface area contributed by atoms with Crippen molar-refractivity contribution in [3.63, 3.8) is 0 Å². The highest BCUT2D eigenvalue weighted by atomic mass is 16.2. The Balaban J connectivity index is 1.43. The number of amides is 3. The normalized spacial score (nSPS) is 20.8. The lowest BCUT2D eigenvalue weighted by atomic mass is 9.95. The molecule has 1 aromatic carbocycles. The van der Waals surface area contributed by atoms with Gasteiger partial charge < -0.3 is 15.5 Å². The number of nitrogens with one attached hydrogen (secondary N) is 2. The van der Waals surface area contributed by atoms with Gasteiger partial charge in [0.15, 0.2) is 5.69 Å². The third-order valence-corrected chi connectivity index (χ3v) is 6.73. The van der Waals surface area contributed by atoms with Gasteiger partial charge >= 0.3 is 0 Å². The van der Waals surface area contributed by atoms with E-state index in [1.165, 1.54) is 21.2 Å². The highest BCUT2D eigenvalue weighted by Crippen LogP contribution is 2.27. The van der Waals surface area contributed by atoms with Gasteiger partial charge in [0.05, 0.1) is 6.54 Å². The van der Waals surface area contributed by atoms with Crippen LogP contribution in [-0.2, 0) is 17.8 Å². The van der Waals surface area contributed by atoms with Crippen LogP contribution in [0.5, 0.6) is 0 Å². The molecule has 0 bridgehead atoms. The fourth-order valence-corrected chi connectivity index (χ4v) is 4.41. The minimum absolute atomic E-state index is 0.164. The summed E-state index contributed by atoms with van der Waals surface area (Å²) in [7, 11) is 1.63. The van der Waals surface area contributed by atoms with Crippen molar-refractivity contribution in [1.29, 1.82) is 0 Å². The summed E-state index contributed by atoms with van der Waals surface area (Å²) >= 11 is 0. The number of hydrogen-bond acceptors (Lipinski definition) is 4. The van der Waals surface area contributed by atoms with Gasteiger partial charge in [-0.3, -0.25) is 19.1 Å². The van der Waals surface area contributed by atoms with Crippen molar-refractivity contribution < 1.29 is 14.4 Å². The molecule has 8 heteroatoms. The Bertz CT molecular complexity index is 1020. The number of likely N-dealkylation sites (N-methyl/N-ethyl adjacent to an activating group) is 1. The minimum Gasteiger partial charge on any atom is -0.351 e. The van der Waals surface area contributed by atoms with Crippen molar-refractivity contribution in [3.05, 3.63) is 52.8 Å². The van der Waals surface area contributed by atoms with Crippen LogP contribution in [0, 0.1) is 6.92 Å². The van der Waals surface area contributed by atoms with Crippen LogP contribution < -0.4 is 10.6 Å². The summed E-state index contributed by atoms with van der Waals surface area (Å²) in [5.74, 6) is -0.816. The van der Waals surface area contributed by atoms with Gasteiger partial charge in [-0.25, -0.2) is 0 Å². The first kappa shape index (κ1) is 22.0. The molecule has 1 aromatic heterocycles. The second-order valence-corrected chi connectivity index (χ2v) is 9.16. The molecule has 1 aliphatic carbocycles. The van der Waals surface area contributed by atoms with Crippen molar-refractivity contribution in [1.82, 2.24) is 25.3 Å². The first-order chi connectivity index (χ1) is 15.3. The third kappa shape index (κ3) is 4.26. The first-order valence-electron chi connectivity index (χ1n) is 11.3. The lowest BCUT2D eigenvalue weighted by Crippen LogP contribution is -2.63. The molecule has 2 heterocycles. The van der Waals surface area contributed by atoms with E-state index in [2.05, 4.69) is 15.7 Å². The van der Waals surface area contributed by atoms with Crippen LogP contribution >= 0.6 is 0 Å². The molecule has 2 aliphatic rings. The predicted octanol–water partition coefficient (Wildman–Crippen LogP) is 2.07. The van der Waals surface area contributed by atoms with E-state index in [0.29, 0.717) is 18.7 Å². The van der Waals surface area contributed by atoms with Crippen LogP contribution in [0.3, 0.4) is 0 Å². The number of carbonyl (C=O) groups excluding carboxylic acids is 3. The number of nitrogens with zero attached hydrogens (tertiary/aromatic N) is 3. The Morgan fingerprint density at radius 2 is 1.88 bits per heavy atom. The quantitative estimate of drug-likeness (QED) is 0.723. The van der Waals surface area contributed by atoms with E-state index in [9.17, 15) is 14.4 Å². The summed E-state index contributed by atoms with van der Waals surface area (Å²) < 4.78 is 1.49. The highest BCUT2D eigenvalue weighted by Gasteiger charge is 2.46. The molecule has 0 unspecified atom stereocenters. The topological polar surface area (TPSA) is 96.3 Å². The van der Waals surface area contributed by atoms with Gasteiger partial charge in [-0.15, -0.1) is 0 Å². The van der Waals surface area contributed by atoms with Crippen molar-refractivity contribution >= 4 is 17.7 Å². The van der Waals surface area contributed by atoms with Gasteiger partial charge in [0, 0.05) is 25.7 Å². The number of fused-ring (bicyclic) bond motifs is 1. The van der Waals surface area contributed by atoms with E-state index in [1.54, 1.807) is 14.0 Å². The molecule has 1 aliphatic heterocycles. The Hall–Kier alpha value is -3.16. The molecule has 2 N–H and O–H groups in total. The maximum Gasteiger partial charge on any atom is 0.272 e. The molecule has 170 valence electrons. The zero-order valence-corrected chi connectivity index (χ0v) is 19.0. The monoisotopic (exact) mass is 437 g/mol. The number of carbonyl (C=O) groups is 3. The average molecular weight is 438 g/mol. The summed E-state index contributed by atoms with van der Waals surface area (Å²) in [6.07, 6.45) is 4.88. The smallest absolute Gasteiger partial charge is 0.272 e. The van der Waals surface area contributed by atoms with E-state index in [0.717, 1.165) is 31.2 Å². The molecule has 32 heavy (non-hydrogen) atoms. The maximum atomic E-state index is 13.1. The van der Waals surface area contributed by atoms with E-state index in [4.69, 9.17) is 0 Å². The Morgan fingerprint density at radius 3 is 2.56 bits per heavy atom. The first-order valence-corrected chi connectivity index (χ1v) is 11.3. The molecular weight excluding hydrogens is 406 g/mol. The molecule has 1 fully saturated rings. The summed E-state index contributed by atoms with van der Waals surface area (Å²) in [5, 5.41) is 10.3. The lowest BCUT2D eigenvalue weighted by Gasteiger charge is -2.41. The van der Waals surface area contributed by atoms with Gasteiger partial charge in [-0.05, 0) is 38.7 Å². The standard InChI is InChI=1S/C24H31N5O3/c1-16-8-10-17(11-9-16)12-13-25-21(30)19-14-20-22(31)28(3)24(2,15-29(20)27-19)23(32)26-18-6-4-5-7-18/h8-11,14,18H,4-7,12-13,15H2,1-3H3,(H,25,30)(H,26,32)/t24-/m1/s1. The fraction of sp³-hybridized carbons (Fsp3) is 0.500. The molecule has 8 nitrogen and oxygen atoms in total. The Labute approximate surface area is 188 Å². The summed E-state index contributed by atoms with van der Waals surface area (Å²) in [6, 6.07) is 9.85. The SMILES string of the molecule is Cc1ccc(CCNC(=O)c2cc3n(n2)C[C@](C)(C(=O)NC2CCCC2)N(C)C3=O)cc1. The predicted molar refractivity (Wildman–Crippen MR) is 120 cm³/mol. The van der Waals surface area contributed by atoms with E-state index in [-0.39, 0.29) is 36.0 Å². The van der Waals surface area contributed by atoms with Crippen molar-refractivity contribution in [2.45, 2.75) is 64.1 Å². The van der Waals surface area contributed by atoms with Crippen LogP contribution in [0.4, 0.5) is 0 Å². The number of hydrogen-bond donors (Lipinski definition) is 2. The summed E-state index contributed by atoms with van der Waals surface area (Å²) in [5.41, 5.74) is 1.78. The Kier molecular flexibility index (Phi) is 6.04. The van der Waals surface area contributed by atoms with Gasteiger partial charge in [-0.1, -0.05) is 42.7 Å². The summed E-state index contributed by atoms with van der Waals surface area (Å²) in [4.78, 5) is 40.1. The van der Waals surface area contributed by atoms with E-state index in [1.807, 2.05) is 31.2 Å². The minimum atomic E-state index is -1.06. The van der Waals surface area contributed by atoms with Gasteiger partial charge in [0.1, 0.15) is 11.2 Å². The van der Waals surface area contributed by atoms with Crippen molar-refractivity contribution in [3.8, 4) is 0 Å². The molecule has 1 saturated carbocycles. The lowest BCUT2D eigenvalue weighted by molar-refractivity contribution is -0.133. The number of rotatable bonds is 6. The zero-order chi connectivity index (χ0) is 22.9. The molecular formula is C24H31N5O3. The average Bonchev–Trinajstić information content (AvgIpc) is 3.43. The van der Waals surface area contributed by atoms with E-state index >= 15 is 0 Å². The number of benzene rings is 1. The molecule has 0 radical (unpaired) electrons. The van der Waals surface area contributed by atoms with Crippen molar-refractivity contribution in [2.75, 3.05) is 13.6 Å². The van der Waals surface area contributed by atoms with Gasteiger partial charge in [0.25, 0.3) is 11.8 Å². The largest absolute Gasteiger partial charge is 0.351 e. The Morgan fingerprint density at radius 1 is 1.19 bits per heavy atom. The summed E-state index contributed by atoms with van der Waals surface area (Å²) in [6.45, 7) is 4.47.